The highest BCUT2D eigenvalue weighted by atomic mass is 19.4. The van der Waals surface area contributed by atoms with Crippen LogP contribution < -0.4 is 15.0 Å². The molecule has 0 atom stereocenters. The number of nitrogens with zero attached hydrogens (tertiary/aromatic N) is 5. The number of hydrogen-bond donors (Lipinski definition) is 2. The van der Waals surface area contributed by atoms with Crippen LogP contribution in [0.5, 0.6) is 5.75 Å². The molecule has 1 aromatic carbocycles. The van der Waals surface area contributed by atoms with Gasteiger partial charge in [0.05, 0.1) is 18.2 Å². The van der Waals surface area contributed by atoms with Crippen molar-refractivity contribution in [1.82, 2.24) is 20.0 Å². The minimum atomic E-state index is -5.08. The molecule has 2 aliphatic heterocycles. The molecule has 198 valence electrons. The average molecular weight is 515 g/mol. The number of aliphatic carboxylic acids is 1. The van der Waals surface area contributed by atoms with Crippen molar-refractivity contribution < 1.29 is 32.7 Å². The molecule has 2 N–H and O–H groups in total. The predicted molar refractivity (Wildman–Crippen MR) is 125 cm³/mol. The van der Waals surface area contributed by atoms with Gasteiger partial charge in [0.15, 0.2) is 5.75 Å². The normalized spacial score (nSPS) is 17.3. The van der Waals surface area contributed by atoms with E-state index < -0.39 is 17.1 Å². The van der Waals surface area contributed by atoms with E-state index in [1.807, 2.05) is 13.2 Å². The smallest absolute Gasteiger partial charge is 0.490 e. The van der Waals surface area contributed by atoms with Crippen molar-refractivity contribution in [2.75, 3.05) is 51.3 Å². The van der Waals surface area contributed by atoms with Crippen LogP contribution in [0.15, 0.2) is 24.5 Å². The number of carboxylic acids is 1. The second-order valence-corrected chi connectivity index (χ2v) is 8.51. The number of rotatable bonds is 5. The van der Waals surface area contributed by atoms with Gasteiger partial charge < -0.3 is 20.1 Å². The van der Waals surface area contributed by atoms with E-state index in [0.29, 0.717) is 11.8 Å². The van der Waals surface area contributed by atoms with Gasteiger partial charge in [-0.2, -0.15) is 18.3 Å². The SMILES string of the molecule is COc1cc(N2CCN(C3CCNCC3)CC2)c(-c2cnn(C)c2)cc1[N+](=O)[O-].O=C(O)C(F)(F)F. The second-order valence-electron chi connectivity index (χ2n) is 8.51. The van der Waals surface area contributed by atoms with E-state index in [9.17, 15) is 23.3 Å². The van der Waals surface area contributed by atoms with Crippen LogP contribution in [-0.2, 0) is 11.8 Å². The Morgan fingerprint density at radius 3 is 2.31 bits per heavy atom. The highest BCUT2D eigenvalue weighted by Crippen LogP contribution is 2.40. The van der Waals surface area contributed by atoms with Gasteiger partial charge in [-0.15, -0.1) is 0 Å². The molecular weight excluding hydrogens is 485 g/mol. The monoisotopic (exact) mass is 514 g/mol. The first kappa shape index (κ1) is 27.2. The number of alkyl halides is 3. The molecule has 0 unspecified atom stereocenters. The van der Waals surface area contributed by atoms with Gasteiger partial charge >= 0.3 is 17.8 Å². The zero-order valence-corrected chi connectivity index (χ0v) is 20.0. The molecule has 2 aliphatic rings. The number of nitro groups is 1. The van der Waals surface area contributed by atoms with Gasteiger partial charge in [-0.25, -0.2) is 4.79 Å². The van der Waals surface area contributed by atoms with Gasteiger partial charge in [-0.3, -0.25) is 19.7 Å². The molecule has 2 fully saturated rings. The second kappa shape index (κ2) is 11.6. The number of piperidine rings is 1. The summed E-state index contributed by atoms with van der Waals surface area (Å²) in [6, 6.07) is 4.08. The van der Waals surface area contributed by atoms with Crippen molar-refractivity contribution in [3.63, 3.8) is 0 Å². The lowest BCUT2D eigenvalue weighted by Crippen LogP contribution is -2.52. The van der Waals surface area contributed by atoms with Gasteiger partial charge in [0, 0.05) is 74.4 Å². The number of hydrogen-bond acceptors (Lipinski definition) is 8. The summed E-state index contributed by atoms with van der Waals surface area (Å²) in [4.78, 5) is 25.0. The number of aryl methyl sites for hydroxylation is 1. The molecule has 0 aliphatic carbocycles. The fraction of sp³-hybridized carbons (Fsp3) is 0.545. The van der Waals surface area contributed by atoms with E-state index in [2.05, 4.69) is 20.2 Å². The quantitative estimate of drug-likeness (QED) is 0.457. The fourth-order valence-corrected chi connectivity index (χ4v) is 4.42. The molecule has 0 amide bonds. The average Bonchev–Trinajstić information content (AvgIpc) is 3.29. The van der Waals surface area contributed by atoms with Crippen molar-refractivity contribution in [3.8, 4) is 16.9 Å². The Kier molecular flexibility index (Phi) is 8.74. The van der Waals surface area contributed by atoms with Gasteiger partial charge in [-0.05, 0) is 25.9 Å². The molecule has 4 rings (SSSR count). The summed E-state index contributed by atoms with van der Waals surface area (Å²) in [6.45, 7) is 5.95. The van der Waals surface area contributed by atoms with Crippen LogP contribution in [0.25, 0.3) is 11.1 Å². The number of carboxylic acid groups (broad SMARTS) is 1. The molecule has 1 aromatic heterocycles. The predicted octanol–water partition coefficient (Wildman–Crippen LogP) is 2.51. The number of nitro benzene ring substituents is 1. The van der Waals surface area contributed by atoms with E-state index in [0.717, 1.165) is 56.1 Å². The summed E-state index contributed by atoms with van der Waals surface area (Å²) in [7, 11) is 3.32. The Labute approximate surface area is 205 Å². The number of methoxy groups -OCH3 is 1. The molecule has 0 saturated carbocycles. The summed E-state index contributed by atoms with van der Waals surface area (Å²) >= 11 is 0. The number of anilines is 1. The van der Waals surface area contributed by atoms with E-state index >= 15 is 0 Å². The van der Waals surface area contributed by atoms with Gasteiger partial charge in [0.2, 0.25) is 0 Å². The number of piperazine rings is 1. The van der Waals surface area contributed by atoms with E-state index in [4.69, 9.17) is 14.6 Å². The van der Waals surface area contributed by atoms with Crippen LogP contribution in [0.3, 0.4) is 0 Å². The third kappa shape index (κ3) is 6.63. The first-order valence-corrected chi connectivity index (χ1v) is 11.4. The Morgan fingerprint density at radius 2 is 1.83 bits per heavy atom. The highest BCUT2D eigenvalue weighted by molar-refractivity contribution is 5.82. The maximum absolute atomic E-state index is 11.6. The molecule has 0 spiro atoms. The zero-order chi connectivity index (χ0) is 26.5. The largest absolute Gasteiger partial charge is 0.490 e. The lowest BCUT2D eigenvalue weighted by molar-refractivity contribution is -0.385. The summed E-state index contributed by atoms with van der Waals surface area (Å²) in [5, 5.41) is 26.4. The minimum absolute atomic E-state index is 0.0246. The van der Waals surface area contributed by atoms with Crippen LogP contribution in [0.1, 0.15) is 12.8 Å². The lowest BCUT2D eigenvalue weighted by atomic mass is 10.0. The first-order valence-electron chi connectivity index (χ1n) is 11.4. The maximum atomic E-state index is 11.6. The van der Waals surface area contributed by atoms with E-state index in [1.54, 1.807) is 23.0 Å². The molecule has 0 radical (unpaired) electrons. The Balaban J connectivity index is 0.000000454. The third-order valence-corrected chi connectivity index (χ3v) is 6.23. The summed E-state index contributed by atoms with van der Waals surface area (Å²) in [6.07, 6.45) is 0.958. The number of ether oxygens (including phenoxy) is 1. The summed E-state index contributed by atoms with van der Waals surface area (Å²) < 4.78 is 38.8. The summed E-state index contributed by atoms with van der Waals surface area (Å²) in [5.41, 5.74) is 2.63. The van der Waals surface area contributed by atoms with Crippen molar-refractivity contribution in [3.05, 3.63) is 34.6 Å². The maximum Gasteiger partial charge on any atom is 0.490 e. The zero-order valence-electron chi connectivity index (χ0n) is 20.0. The van der Waals surface area contributed by atoms with Crippen molar-refractivity contribution in [1.29, 1.82) is 0 Å². The standard InChI is InChI=1S/C20H28N6O3.C2HF3O2/c1-23-14-15(13-22-23)17-11-19(26(27)28)20(29-2)12-18(17)25-9-7-24(8-10-25)16-3-5-21-6-4-16;3-2(4,5)1(6)7/h11-14,16,21H,3-10H2,1-2H3;(H,6,7). The van der Waals surface area contributed by atoms with Gasteiger partial charge in [-0.1, -0.05) is 0 Å². The van der Waals surface area contributed by atoms with Crippen molar-refractivity contribution in [2.45, 2.75) is 25.1 Å². The molecule has 0 bridgehead atoms. The summed E-state index contributed by atoms with van der Waals surface area (Å²) in [5.74, 6) is -2.47. The van der Waals surface area contributed by atoms with E-state index in [-0.39, 0.29) is 5.69 Å². The Morgan fingerprint density at radius 1 is 1.22 bits per heavy atom. The molecule has 14 heteroatoms. The number of carbonyl (C=O) groups is 1. The number of nitrogens with one attached hydrogen (secondary N) is 1. The molecule has 2 saturated heterocycles. The number of benzene rings is 1. The van der Waals surface area contributed by atoms with E-state index in [1.165, 1.54) is 20.0 Å². The molecule has 2 aromatic rings. The first-order chi connectivity index (χ1) is 17.0. The third-order valence-electron chi connectivity index (χ3n) is 6.23. The van der Waals surface area contributed by atoms with Gasteiger partial charge in [0.1, 0.15) is 0 Å². The van der Waals surface area contributed by atoms with Gasteiger partial charge in [0.25, 0.3) is 0 Å². The van der Waals surface area contributed by atoms with Crippen LogP contribution in [0.2, 0.25) is 0 Å². The van der Waals surface area contributed by atoms with Crippen LogP contribution >= 0.6 is 0 Å². The fourth-order valence-electron chi connectivity index (χ4n) is 4.42. The topological polar surface area (TPSA) is 126 Å². The Bertz CT molecular complexity index is 1060. The minimum Gasteiger partial charge on any atom is -0.490 e. The molecule has 3 heterocycles. The lowest BCUT2D eigenvalue weighted by Gasteiger charge is -2.42. The van der Waals surface area contributed by atoms with Crippen LogP contribution in [0, 0.1) is 10.1 Å². The number of aromatic nitrogens is 2. The number of halogens is 3. The molecular formula is C22H29F3N6O5. The highest BCUT2D eigenvalue weighted by Gasteiger charge is 2.38. The molecule has 11 nitrogen and oxygen atoms in total. The van der Waals surface area contributed by atoms with Crippen LogP contribution in [-0.4, -0.2) is 89.3 Å². The van der Waals surface area contributed by atoms with Crippen LogP contribution in [0.4, 0.5) is 24.5 Å². The van der Waals surface area contributed by atoms with Crippen molar-refractivity contribution >= 4 is 17.3 Å². The Hall–Kier alpha value is -3.39. The molecule has 36 heavy (non-hydrogen) atoms. The van der Waals surface area contributed by atoms with Crippen molar-refractivity contribution in [2.24, 2.45) is 7.05 Å².